The van der Waals surface area contributed by atoms with Crippen LogP contribution in [0.3, 0.4) is 0 Å². The summed E-state index contributed by atoms with van der Waals surface area (Å²) in [7, 11) is 1.47. The first kappa shape index (κ1) is 21.5. The van der Waals surface area contributed by atoms with Crippen LogP contribution in [0.2, 0.25) is 5.02 Å². The molecule has 2 aromatic heterocycles. The number of hydrogen-bond acceptors (Lipinski definition) is 6. The van der Waals surface area contributed by atoms with E-state index in [1.807, 2.05) is 0 Å². The van der Waals surface area contributed by atoms with Crippen molar-refractivity contribution in [1.29, 1.82) is 0 Å². The number of carbonyl (C=O) groups is 2. The number of methoxy groups -OCH3 is 1. The normalized spacial score (nSPS) is 11.0. The number of anilines is 1. The first-order valence-corrected chi connectivity index (χ1v) is 10.6. The Bertz CT molecular complexity index is 1650. The van der Waals surface area contributed by atoms with E-state index in [9.17, 15) is 14.4 Å². The Kier molecular flexibility index (Phi) is 5.39. The van der Waals surface area contributed by atoms with Crippen LogP contribution < -0.4 is 15.7 Å². The van der Waals surface area contributed by atoms with Gasteiger partial charge in [-0.2, -0.15) is 0 Å². The molecular weight excluding hydrogens is 458 g/mol. The number of nitrogens with one attached hydrogen (secondary N) is 1. The number of amides is 1. The third-order valence-electron chi connectivity index (χ3n) is 5.34. The molecule has 0 aliphatic heterocycles. The molecule has 0 saturated heterocycles. The van der Waals surface area contributed by atoms with Crippen LogP contribution in [-0.2, 0) is 0 Å². The second-order valence-corrected chi connectivity index (χ2v) is 7.83. The summed E-state index contributed by atoms with van der Waals surface area (Å²) in [6.07, 6.45) is 0. The maximum atomic E-state index is 13.3. The van der Waals surface area contributed by atoms with Gasteiger partial charge in [-0.3, -0.25) is 9.59 Å². The van der Waals surface area contributed by atoms with Crippen LogP contribution in [0.15, 0.2) is 86.4 Å². The van der Waals surface area contributed by atoms with E-state index >= 15 is 0 Å². The minimum atomic E-state index is -0.793. The van der Waals surface area contributed by atoms with Crippen LogP contribution in [0.4, 0.5) is 5.69 Å². The number of furan rings is 1. The van der Waals surface area contributed by atoms with Crippen LogP contribution in [0.25, 0.3) is 21.9 Å². The smallest absolute Gasteiger partial charge is 0.349 e. The van der Waals surface area contributed by atoms with Crippen LogP contribution in [-0.4, -0.2) is 18.8 Å². The zero-order valence-electron chi connectivity index (χ0n) is 17.8. The van der Waals surface area contributed by atoms with Crippen molar-refractivity contribution < 1.29 is 23.2 Å². The molecular formula is C26H16ClNO6. The number of fused-ring (bicyclic) bond motifs is 2. The van der Waals surface area contributed by atoms with E-state index in [1.54, 1.807) is 60.7 Å². The van der Waals surface area contributed by atoms with Gasteiger partial charge in [0.1, 0.15) is 22.5 Å². The third kappa shape index (κ3) is 3.72. The second kappa shape index (κ2) is 8.53. The molecule has 8 heteroatoms. The number of halogens is 1. The summed E-state index contributed by atoms with van der Waals surface area (Å²) in [5.74, 6) is -0.908. The number of hydrogen-bond donors (Lipinski definition) is 1. The van der Waals surface area contributed by atoms with Gasteiger partial charge in [-0.25, -0.2) is 4.79 Å². The second-order valence-electron chi connectivity index (χ2n) is 7.42. The van der Waals surface area contributed by atoms with Gasteiger partial charge in [0, 0.05) is 16.3 Å². The highest BCUT2D eigenvalue weighted by atomic mass is 35.5. The molecule has 0 aliphatic rings. The van der Waals surface area contributed by atoms with Crippen molar-refractivity contribution in [2.75, 3.05) is 12.4 Å². The molecule has 5 rings (SSSR count). The predicted octanol–water partition coefficient (Wildman–Crippen LogP) is 5.68. The minimum absolute atomic E-state index is 0.0963. The lowest BCUT2D eigenvalue weighted by atomic mass is 10.1. The summed E-state index contributed by atoms with van der Waals surface area (Å²) in [4.78, 5) is 38.9. The summed E-state index contributed by atoms with van der Waals surface area (Å²) < 4.78 is 16.2. The van der Waals surface area contributed by atoms with E-state index in [0.717, 1.165) is 0 Å². The van der Waals surface area contributed by atoms with Crippen molar-refractivity contribution in [2.24, 2.45) is 0 Å². The van der Waals surface area contributed by atoms with Gasteiger partial charge >= 0.3 is 5.63 Å². The van der Waals surface area contributed by atoms with E-state index in [-0.39, 0.29) is 27.6 Å². The Morgan fingerprint density at radius 2 is 1.65 bits per heavy atom. The van der Waals surface area contributed by atoms with Crippen LogP contribution >= 0.6 is 11.6 Å². The first-order chi connectivity index (χ1) is 16.5. The van der Waals surface area contributed by atoms with E-state index in [1.165, 1.54) is 19.2 Å². The van der Waals surface area contributed by atoms with Gasteiger partial charge < -0.3 is 18.9 Å². The van der Waals surface area contributed by atoms with Crippen molar-refractivity contribution in [3.63, 3.8) is 0 Å². The number of benzene rings is 3. The van der Waals surface area contributed by atoms with Crippen molar-refractivity contribution in [3.05, 3.63) is 105 Å². The quantitative estimate of drug-likeness (QED) is 0.260. The molecule has 0 radical (unpaired) electrons. The molecule has 0 fully saturated rings. The third-order valence-corrected chi connectivity index (χ3v) is 5.64. The summed E-state index contributed by atoms with van der Waals surface area (Å²) in [5, 5.41) is 4.02. The summed E-state index contributed by atoms with van der Waals surface area (Å²) in [6.45, 7) is 0. The lowest BCUT2D eigenvalue weighted by molar-refractivity contribution is 0.101. The standard InChI is InChI=1S/C26H16ClNO6/c1-32-21-11-10-15(13-18(21)27)23(29)24-22(16-7-3-5-9-20(16)33-24)28-25(30)17-12-14-6-2-4-8-19(14)34-26(17)31/h2-13H,1H3,(H,28,30). The number of ketones is 1. The zero-order valence-corrected chi connectivity index (χ0v) is 18.5. The van der Waals surface area contributed by atoms with Gasteiger partial charge in [0.25, 0.3) is 5.91 Å². The molecule has 2 heterocycles. The van der Waals surface area contributed by atoms with E-state index < -0.39 is 17.3 Å². The van der Waals surface area contributed by atoms with Crippen LogP contribution in [0.1, 0.15) is 26.5 Å². The zero-order chi connectivity index (χ0) is 23.8. The molecule has 5 aromatic rings. The number of para-hydroxylation sites is 2. The number of ether oxygens (including phenoxy) is 1. The fraction of sp³-hybridized carbons (Fsp3) is 0.0385. The summed E-state index contributed by atoms with van der Waals surface area (Å²) in [5.41, 5.74) is 0.153. The molecule has 34 heavy (non-hydrogen) atoms. The highest BCUT2D eigenvalue weighted by Crippen LogP contribution is 2.34. The Balaban J connectivity index is 1.59. The Morgan fingerprint density at radius 1 is 0.912 bits per heavy atom. The molecule has 1 amide bonds. The molecule has 0 bridgehead atoms. The molecule has 0 unspecified atom stereocenters. The van der Waals surface area contributed by atoms with Crippen LogP contribution in [0, 0.1) is 0 Å². The van der Waals surface area contributed by atoms with Gasteiger partial charge in [0.15, 0.2) is 5.76 Å². The Labute approximate surface area is 197 Å². The van der Waals surface area contributed by atoms with Crippen molar-refractivity contribution in [1.82, 2.24) is 0 Å². The van der Waals surface area contributed by atoms with Crippen molar-refractivity contribution in [2.45, 2.75) is 0 Å². The molecule has 0 aliphatic carbocycles. The lowest BCUT2D eigenvalue weighted by Gasteiger charge is -2.08. The molecule has 0 saturated carbocycles. The highest BCUT2D eigenvalue weighted by molar-refractivity contribution is 6.32. The highest BCUT2D eigenvalue weighted by Gasteiger charge is 2.25. The molecule has 0 spiro atoms. The fourth-order valence-corrected chi connectivity index (χ4v) is 3.93. The monoisotopic (exact) mass is 473 g/mol. The van der Waals surface area contributed by atoms with Gasteiger partial charge in [-0.05, 0) is 42.5 Å². The number of rotatable bonds is 5. The van der Waals surface area contributed by atoms with E-state index in [0.29, 0.717) is 27.7 Å². The SMILES string of the molecule is COc1ccc(C(=O)c2oc3ccccc3c2NC(=O)c2cc3ccccc3oc2=O)cc1Cl. The van der Waals surface area contributed by atoms with Gasteiger partial charge in [-0.1, -0.05) is 41.9 Å². The molecule has 1 N–H and O–H groups in total. The van der Waals surface area contributed by atoms with Crippen molar-refractivity contribution >= 4 is 50.9 Å². The van der Waals surface area contributed by atoms with Gasteiger partial charge in [-0.15, -0.1) is 0 Å². The predicted molar refractivity (Wildman–Crippen MR) is 128 cm³/mol. The van der Waals surface area contributed by atoms with E-state index in [4.69, 9.17) is 25.2 Å². The van der Waals surface area contributed by atoms with Crippen LogP contribution in [0.5, 0.6) is 5.75 Å². The average molecular weight is 474 g/mol. The topological polar surface area (TPSA) is 98.8 Å². The largest absolute Gasteiger partial charge is 0.495 e. The average Bonchev–Trinajstić information content (AvgIpc) is 3.21. The Morgan fingerprint density at radius 3 is 2.41 bits per heavy atom. The summed E-state index contributed by atoms with van der Waals surface area (Å²) in [6, 6.07) is 19.7. The van der Waals surface area contributed by atoms with Gasteiger partial charge in [0.2, 0.25) is 5.78 Å². The van der Waals surface area contributed by atoms with Gasteiger partial charge in [0.05, 0.1) is 17.8 Å². The molecule has 168 valence electrons. The summed E-state index contributed by atoms with van der Waals surface area (Å²) >= 11 is 6.19. The fourth-order valence-electron chi connectivity index (χ4n) is 3.67. The molecule has 7 nitrogen and oxygen atoms in total. The van der Waals surface area contributed by atoms with Crippen molar-refractivity contribution in [3.8, 4) is 5.75 Å². The van der Waals surface area contributed by atoms with E-state index in [2.05, 4.69) is 5.32 Å². The Hall–Kier alpha value is -4.36. The first-order valence-electron chi connectivity index (χ1n) is 10.2. The lowest BCUT2D eigenvalue weighted by Crippen LogP contribution is -2.21. The number of carbonyl (C=O) groups excluding carboxylic acids is 2. The minimum Gasteiger partial charge on any atom is -0.495 e. The molecule has 3 aromatic carbocycles. The maximum Gasteiger partial charge on any atom is 0.349 e. The molecule has 0 atom stereocenters. The maximum absolute atomic E-state index is 13.3.